The van der Waals surface area contributed by atoms with Crippen molar-refractivity contribution in [2.24, 2.45) is 0 Å². The van der Waals surface area contributed by atoms with Gasteiger partial charge in [-0.2, -0.15) is 0 Å². The number of carboxylic acid groups (broad SMARTS) is 3. The summed E-state index contributed by atoms with van der Waals surface area (Å²) >= 11 is 0. The van der Waals surface area contributed by atoms with Crippen LogP contribution >= 0.6 is 0 Å². The Balaban J connectivity index is -0.000000340. The van der Waals surface area contributed by atoms with Crippen LogP contribution < -0.4 is 15.3 Å². The van der Waals surface area contributed by atoms with Gasteiger partial charge in [0, 0.05) is 25.0 Å². The Morgan fingerprint density at radius 1 is 0.826 bits per heavy atom. The molecular weight excluding hydrogens is 348 g/mol. The van der Waals surface area contributed by atoms with Crippen LogP contribution in [-0.2, 0) is 31.7 Å². The first-order valence-electron chi connectivity index (χ1n) is 5.42. The molecule has 0 aliphatic carbocycles. The Hall–Kier alpha value is -2.89. The van der Waals surface area contributed by atoms with Crippen molar-refractivity contribution in [1.82, 2.24) is 0 Å². The summed E-state index contributed by atoms with van der Waals surface area (Å²) in [5, 5.41) is 24.8. The minimum Gasteiger partial charge on any atom is -0.554 e. The standard InChI is InChI=1S/C11H8O2.3CH2O2.Cr/c12-11(10-7-4-8-13-10)9-5-2-1-3-6-9;3*2-1-3;/h1-8H;3*1H,(H,2,3);/q;;;;+3/p-3. The van der Waals surface area contributed by atoms with Gasteiger partial charge in [-0.3, -0.25) is 4.79 Å². The van der Waals surface area contributed by atoms with Crippen LogP contribution in [0.2, 0.25) is 0 Å². The molecule has 121 valence electrons. The summed E-state index contributed by atoms with van der Waals surface area (Å²) in [7, 11) is 0. The monoisotopic (exact) mass is 359 g/mol. The summed E-state index contributed by atoms with van der Waals surface area (Å²) in [5.41, 5.74) is 0.650. The maximum Gasteiger partial charge on any atom is 3.00 e. The van der Waals surface area contributed by atoms with E-state index in [0.29, 0.717) is 11.3 Å². The van der Waals surface area contributed by atoms with Gasteiger partial charge in [-0.25, -0.2) is 0 Å². The van der Waals surface area contributed by atoms with Gasteiger partial charge in [-0.15, -0.1) is 0 Å². The fraction of sp³-hybridized carbons (Fsp3) is 0. The van der Waals surface area contributed by atoms with Crippen molar-refractivity contribution >= 4 is 25.2 Å². The van der Waals surface area contributed by atoms with Crippen molar-refractivity contribution in [3.05, 3.63) is 60.1 Å². The molecular formula is C14H11CrO8. The summed E-state index contributed by atoms with van der Waals surface area (Å²) in [6.07, 6.45) is 1.50. The second kappa shape index (κ2) is 19.1. The van der Waals surface area contributed by atoms with Crippen molar-refractivity contribution in [3.63, 3.8) is 0 Å². The van der Waals surface area contributed by atoms with Crippen LogP contribution in [0.15, 0.2) is 53.1 Å². The van der Waals surface area contributed by atoms with Gasteiger partial charge in [-0.05, 0) is 12.1 Å². The molecule has 0 N–H and O–H groups in total. The first-order chi connectivity index (χ1) is 10.6. The first kappa shape index (κ1) is 25.1. The van der Waals surface area contributed by atoms with Crippen LogP contribution in [0.1, 0.15) is 16.1 Å². The predicted octanol–water partition coefficient (Wildman–Crippen LogP) is -2.39. The fourth-order valence-electron chi connectivity index (χ4n) is 1.14. The number of carbonyl (C=O) groups excluding carboxylic acids is 4. The molecule has 1 aromatic carbocycles. The Morgan fingerprint density at radius 3 is 1.61 bits per heavy atom. The third-order valence-corrected chi connectivity index (χ3v) is 1.78. The van der Waals surface area contributed by atoms with Crippen LogP contribution in [-0.4, -0.2) is 25.2 Å². The number of rotatable bonds is 2. The Morgan fingerprint density at radius 2 is 1.26 bits per heavy atom. The molecule has 0 saturated carbocycles. The average Bonchev–Trinajstić information content (AvgIpc) is 3.04. The normalized spacial score (nSPS) is 7.13. The van der Waals surface area contributed by atoms with Crippen molar-refractivity contribution in [2.75, 3.05) is 0 Å². The molecule has 0 unspecified atom stereocenters. The second-order valence-corrected chi connectivity index (χ2v) is 2.96. The summed E-state index contributed by atoms with van der Waals surface area (Å²) in [5.74, 6) is 0.303. The third kappa shape index (κ3) is 13.8. The number of carbonyl (C=O) groups is 4. The molecule has 0 spiro atoms. The molecule has 9 heteroatoms. The first-order valence-corrected chi connectivity index (χ1v) is 5.42. The summed E-state index contributed by atoms with van der Waals surface area (Å²) in [6.45, 7) is -1.50. The Kier molecular flexibility index (Phi) is 20.8. The maximum atomic E-state index is 11.6. The maximum absolute atomic E-state index is 11.6. The zero-order valence-electron chi connectivity index (χ0n) is 11.5. The van der Waals surface area contributed by atoms with Gasteiger partial charge in [0.15, 0.2) is 5.76 Å². The quantitative estimate of drug-likeness (QED) is 0.425. The van der Waals surface area contributed by atoms with Gasteiger partial charge in [0.2, 0.25) is 5.78 Å². The minimum atomic E-state index is -0.500. The number of furan rings is 1. The van der Waals surface area contributed by atoms with Crippen molar-refractivity contribution in [2.45, 2.75) is 0 Å². The predicted molar refractivity (Wildman–Crippen MR) is 66.8 cm³/mol. The molecule has 0 aliphatic rings. The second-order valence-electron chi connectivity index (χ2n) is 2.96. The minimum absolute atomic E-state index is 0. The number of hydrogen-bond donors (Lipinski definition) is 0. The van der Waals surface area contributed by atoms with E-state index < -0.39 is 19.4 Å². The van der Waals surface area contributed by atoms with Crippen LogP contribution in [0.5, 0.6) is 0 Å². The van der Waals surface area contributed by atoms with Crippen LogP contribution in [0, 0.1) is 0 Å². The molecule has 2 aromatic rings. The van der Waals surface area contributed by atoms with E-state index in [9.17, 15) is 4.79 Å². The number of benzene rings is 1. The molecule has 0 atom stereocenters. The van der Waals surface area contributed by atoms with E-state index in [-0.39, 0.29) is 23.1 Å². The van der Waals surface area contributed by atoms with Crippen LogP contribution in [0.25, 0.3) is 0 Å². The van der Waals surface area contributed by atoms with Crippen molar-refractivity contribution in [3.8, 4) is 0 Å². The van der Waals surface area contributed by atoms with E-state index in [1.807, 2.05) is 18.2 Å². The molecule has 0 saturated heterocycles. The molecule has 0 fully saturated rings. The number of hydrogen-bond acceptors (Lipinski definition) is 8. The molecule has 1 radical (unpaired) electrons. The summed E-state index contributed by atoms with van der Waals surface area (Å²) in [4.78, 5) is 36.4. The molecule has 2 rings (SSSR count). The van der Waals surface area contributed by atoms with E-state index in [1.165, 1.54) is 6.26 Å². The largest absolute Gasteiger partial charge is 3.00 e. The zero-order chi connectivity index (χ0) is 17.2. The smallest absolute Gasteiger partial charge is 0.554 e. The van der Waals surface area contributed by atoms with Gasteiger partial charge < -0.3 is 34.1 Å². The van der Waals surface area contributed by atoms with E-state index in [0.717, 1.165) is 0 Å². The van der Waals surface area contributed by atoms with Crippen LogP contribution in [0.4, 0.5) is 0 Å². The van der Waals surface area contributed by atoms with Gasteiger partial charge in [0.25, 0.3) is 0 Å². The Bertz CT molecular complexity index is 511. The van der Waals surface area contributed by atoms with E-state index in [4.69, 9.17) is 34.1 Å². The van der Waals surface area contributed by atoms with E-state index in [1.54, 1.807) is 24.3 Å². The average molecular weight is 359 g/mol. The molecule has 0 aliphatic heterocycles. The zero-order valence-corrected chi connectivity index (χ0v) is 12.8. The summed E-state index contributed by atoms with van der Waals surface area (Å²) < 4.78 is 5.00. The fourth-order valence-corrected chi connectivity index (χ4v) is 1.14. The van der Waals surface area contributed by atoms with E-state index >= 15 is 0 Å². The SMILES string of the molecule is O=C(c1ccccc1)c1ccco1.O=C[O-].O=C[O-].O=C[O-].[Cr+3]. The Labute approximate surface area is 142 Å². The molecule has 23 heavy (non-hydrogen) atoms. The van der Waals surface area contributed by atoms with E-state index in [2.05, 4.69) is 0 Å². The molecule has 0 bridgehead atoms. The summed E-state index contributed by atoms with van der Waals surface area (Å²) in [6, 6.07) is 12.4. The third-order valence-electron chi connectivity index (χ3n) is 1.78. The topological polar surface area (TPSA) is 151 Å². The molecule has 1 heterocycles. The number of ketones is 1. The van der Waals surface area contributed by atoms with Crippen molar-refractivity contribution in [1.29, 1.82) is 0 Å². The van der Waals surface area contributed by atoms with Gasteiger partial charge in [0.05, 0.1) is 6.26 Å². The molecule has 8 nitrogen and oxygen atoms in total. The van der Waals surface area contributed by atoms with Gasteiger partial charge in [-0.1, -0.05) is 30.3 Å². The molecule has 1 aromatic heterocycles. The van der Waals surface area contributed by atoms with Gasteiger partial charge >= 0.3 is 17.4 Å². The van der Waals surface area contributed by atoms with Crippen molar-refractivity contribution < 1.29 is 56.3 Å². The molecule has 0 amide bonds. The van der Waals surface area contributed by atoms with Gasteiger partial charge in [0.1, 0.15) is 0 Å². The van der Waals surface area contributed by atoms with Crippen LogP contribution in [0.3, 0.4) is 0 Å².